The van der Waals surface area contributed by atoms with Crippen molar-refractivity contribution in [2.45, 2.75) is 20.1 Å². The number of nitrogens with zero attached hydrogens (tertiary/aromatic N) is 1. The highest BCUT2D eigenvalue weighted by Crippen LogP contribution is 2.28. The summed E-state index contributed by atoms with van der Waals surface area (Å²) in [6, 6.07) is 5.89. The minimum absolute atomic E-state index is 0.388. The first kappa shape index (κ1) is 13.1. The van der Waals surface area contributed by atoms with Crippen molar-refractivity contribution in [1.29, 1.82) is 0 Å². The predicted molar refractivity (Wildman–Crippen MR) is 72.5 cm³/mol. The van der Waals surface area contributed by atoms with Crippen LogP contribution in [0.5, 0.6) is 5.75 Å². The molecule has 0 atom stereocenters. The van der Waals surface area contributed by atoms with E-state index in [4.69, 9.17) is 9.26 Å². The number of aryl methyl sites for hydroxylation is 1. The quantitative estimate of drug-likeness (QED) is 0.922. The van der Waals surface area contributed by atoms with Gasteiger partial charge >= 0.3 is 0 Å². The van der Waals surface area contributed by atoms with Gasteiger partial charge in [-0.05, 0) is 31.7 Å². The zero-order valence-electron chi connectivity index (χ0n) is 10.4. The summed E-state index contributed by atoms with van der Waals surface area (Å²) in [7, 11) is 1.91. The van der Waals surface area contributed by atoms with Crippen LogP contribution in [0.1, 0.15) is 16.9 Å². The van der Waals surface area contributed by atoms with Crippen LogP contribution in [0.4, 0.5) is 0 Å². The SMILES string of the molecule is CNCc1cc(Br)cc(C)c1OCc1ccno1. The number of hydrogen-bond acceptors (Lipinski definition) is 4. The molecule has 0 amide bonds. The Morgan fingerprint density at radius 3 is 2.94 bits per heavy atom. The lowest BCUT2D eigenvalue weighted by atomic mass is 10.1. The van der Waals surface area contributed by atoms with Crippen LogP contribution in [0.15, 0.2) is 33.4 Å². The van der Waals surface area contributed by atoms with Gasteiger partial charge in [-0.1, -0.05) is 21.1 Å². The second kappa shape index (κ2) is 6.02. The largest absolute Gasteiger partial charge is 0.485 e. The van der Waals surface area contributed by atoms with Gasteiger partial charge in [0.15, 0.2) is 5.76 Å². The predicted octanol–water partition coefficient (Wildman–Crippen LogP) is 3.04. The standard InChI is InChI=1S/C13H15BrN2O2/c1-9-5-11(14)6-10(7-15-2)13(9)17-8-12-3-4-16-18-12/h3-6,15H,7-8H2,1-2H3. The van der Waals surface area contributed by atoms with Gasteiger partial charge in [0.2, 0.25) is 0 Å². The molecule has 1 N–H and O–H groups in total. The van der Waals surface area contributed by atoms with Crippen LogP contribution in [0, 0.1) is 6.92 Å². The minimum atomic E-state index is 0.388. The van der Waals surface area contributed by atoms with Crippen LogP contribution in [0.25, 0.3) is 0 Å². The lowest BCUT2D eigenvalue weighted by Crippen LogP contribution is -2.08. The summed E-state index contributed by atoms with van der Waals surface area (Å²) >= 11 is 3.50. The molecule has 0 aliphatic rings. The molecule has 1 aromatic heterocycles. The zero-order chi connectivity index (χ0) is 13.0. The summed E-state index contributed by atoms with van der Waals surface area (Å²) in [5, 5.41) is 6.79. The fourth-order valence-corrected chi connectivity index (χ4v) is 2.41. The second-order valence-corrected chi connectivity index (χ2v) is 4.92. The lowest BCUT2D eigenvalue weighted by molar-refractivity contribution is 0.246. The fourth-order valence-electron chi connectivity index (χ4n) is 1.79. The highest BCUT2D eigenvalue weighted by atomic mass is 79.9. The van der Waals surface area contributed by atoms with Gasteiger partial charge in [0.25, 0.3) is 0 Å². The molecule has 0 aliphatic carbocycles. The van der Waals surface area contributed by atoms with E-state index >= 15 is 0 Å². The molecule has 0 bridgehead atoms. The Morgan fingerprint density at radius 1 is 1.44 bits per heavy atom. The number of benzene rings is 1. The van der Waals surface area contributed by atoms with Crippen LogP contribution in [0.3, 0.4) is 0 Å². The molecule has 1 aromatic carbocycles. The Kier molecular flexibility index (Phi) is 4.38. The summed E-state index contributed by atoms with van der Waals surface area (Å²) in [6.45, 7) is 3.17. The van der Waals surface area contributed by atoms with Crippen LogP contribution in [0.2, 0.25) is 0 Å². The van der Waals surface area contributed by atoms with E-state index in [9.17, 15) is 0 Å². The Balaban J connectivity index is 2.19. The first-order valence-corrected chi connectivity index (χ1v) is 6.46. The highest BCUT2D eigenvalue weighted by molar-refractivity contribution is 9.10. The summed E-state index contributed by atoms with van der Waals surface area (Å²) in [4.78, 5) is 0. The molecule has 0 unspecified atom stereocenters. The number of halogens is 1. The molecule has 96 valence electrons. The Labute approximate surface area is 114 Å². The van der Waals surface area contributed by atoms with Crippen LogP contribution < -0.4 is 10.1 Å². The van der Waals surface area contributed by atoms with Crippen LogP contribution in [-0.2, 0) is 13.2 Å². The summed E-state index contributed by atoms with van der Waals surface area (Å²) in [5.74, 6) is 1.61. The molecule has 0 aliphatic heterocycles. The van der Waals surface area contributed by atoms with Gasteiger partial charge in [-0.25, -0.2) is 0 Å². The van der Waals surface area contributed by atoms with E-state index in [0.29, 0.717) is 12.4 Å². The molecule has 5 heteroatoms. The molecule has 0 radical (unpaired) electrons. The van der Waals surface area contributed by atoms with Crippen molar-refractivity contribution in [1.82, 2.24) is 10.5 Å². The molecular weight excluding hydrogens is 296 g/mol. The smallest absolute Gasteiger partial charge is 0.174 e. The van der Waals surface area contributed by atoms with E-state index in [1.54, 1.807) is 12.3 Å². The van der Waals surface area contributed by atoms with E-state index in [1.165, 1.54) is 0 Å². The number of hydrogen-bond donors (Lipinski definition) is 1. The van der Waals surface area contributed by atoms with Gasteiger partial charge in [-0.15, -0.1) is 0 Å². The van der Waals surface area contributed by atoms with Gasteiger partial charge < -0.3 is 14.6 Å². The second-order valence-electron chi connectivity index (χ2n) is 4.01. The monoisotopic (exact) mass is 310 g/mol. The first-order chi connectivity index (χ1) is 8.70. The lowest BCUT2D eigenvalue weighted by Gasteiger charge is -2.14. The topological polar surface area (TPSA) is 47.3 Å². The Bertz CT molecular complexity index is 512. The van der Waals surface area contributed by atoms with E-state index in [-0.39, 0.29) is 0 Å². The molecular formula is C13H15BrN2O2. The van der Waals surface area contributed by atoms with E-state index in [1.807, 2.05) is 20.0 Å². The third kappa shape index (κ3) is 3.11. The number of nitrogens with one attached hydrogen (secondary N) is 1. The molecule has 4 nitrogen and oxygen atoms in total. The molecule has 0 fully saturated rings. The molecule has 0 spiro atoms. The van der Waals surface area contributed by atoms with Gasteiger partial charge in [-0.3, -0.25) is 0 Å². The summed E-state index contributed by atoms with van der Waals surface area (Å²) < 4.78 is 11.9. The van der Waals surface area contributed by atoms with Crippen molar-refractivity contribution >= 4 is 15.9 Å². The van der Waals surface area contributed by atoms with E-state index < -0.39 is 0 Å². The average Bonchev–Trinajstić information content (AvgIpc) is 2.81. The highest BCUT2D eigenvalue weighted by Gasteiger charge is 2.09. The molecule has 2 rings (SSSR count). The van der Waals surface area contributed by atoms with Gasteiger partial charge in [0, 0.05) is 22.6 Å². The van der Waals surface area contributed by atoms with Crippen LogP contribution >= 0.6 is 15.9 Å². The summed E-state index contributed by atoms with van der Waals surface area (Å²) in [6.07, 6.45) is 1.61. The van der Waals surface area contributed by atoms with Crippen LogP contribution in [-0.4, -0.2) is 12.2 Å². The Morgan fingerprint density at radius 2 is 2.28 bits per heavy atom. The van der Waals surface area contributed by atoms with Crippen molar-refractivity contribution in [3.05, 3.63) is 45.8 Å². The number of rotatable bonds is 5. The van der Waals surface area contributed by atoms with Crippen molar-refractivity contribution < 1.29 is 9.26 Å². The minimum Gasteiger partial charge on any atom is -0.485 e. The van der Waals surface area contributed by atoms with Crippen molar-refractivity contribution in [2.24, 2.45) is 0 Å². The van der Waals surface area contributed by atoms with Gasteiger partial charge in [0.1, 0.15) is 12.4 Å². The average molecular weight is 311 g/mol. The molecule has 1 heterocycles. The maximum absolute atomic E-state index is 5.83. The van der Waals surface area contributed by atoms with E-state index in [0.717, 1.165) is 27.9 Å². The van der Waals surface area contributed by atoms with Crippen molar-refractivity contribution in [2.75, 3.05) is 7.05 Å². The normalized spacial score (nSPS) is 10.6. The molecule has 2 aromatic rings. The Hall–Kier alpha value is -1.33. The van der Waals surface area contributed by atoms with Gasteiger partial charge in [-0.2, -0.15) is 0 Å². The summed E-state index contributed by atoms with van der Waals surface area (Å²) in [5.41, 5.74) is 2.21. The maximum Gasteiger partial charge on any atom is 0.174 e. The third-order valence-electron chi connectivity index (χ3n) is 2.53. The van der Waals surface area contributed by atoms with Crippen molar-refractivity contribution in [3.8, 4) is 5.75 Å². The number of aromatic nitrogens is 1. The number of ether oxygens (including phenoxy) is 1. The maximum atomic E-state index is 5.83. The molecule has 0 saturated heterocycles. The fraction of sp³-hybridized carbons (Fsp3) is 0.308. The third-order valence-corrected chi connectivity index (χ3v) is 2.99. The van der Waals surface area contributed by atoms with Gasteiger partial charge in [0.05, 0.1) is 6.20 Å². The molecule has 18 heavy (non-hydrogen) atoms. The zero-order valence-corrected chi connectivity index (χ0v) is 12.0. The van der Waals surface area contributed by atoms with E-state index in [2.05, 4.69) is 32.5 Å². The van der Waals surface area contributed by atoms with Crippen molar-refractivity contribution in [3.63, 3.8) is 0 Å². The first-order valence-electron chi connectivity index (χ1n) is 5.66. The molecule has 0 saturated carbocycles.